The number of benzene rings is 1. The quantitative estimate of drug-likeness (QED) is 0.782. The molecule has 0 atom stereocenters. The smallest absolute Gasteiger partial charge is 0.340 e. The van der Waals surface area contributed by atoms with E-state index >= 15 is 0 Å². The number of methoxy groups -OCH3 is 1. The number of hydrogen-bond donors (Lipinski definition) is 0. The molecule has 0 aliphatic carbocycles. The molecule has 2 rings (SSSR count). The van der Waals surface area contributed by atoms with Crippen LogP contribution in [0, 0.1) is 12.7 Å². The summed E-state index contributed by atoms with van der Waals surface area (Å²) in [5, 5.41) is 4.21. The van der Waals surface area contributed by atoms with Crippen molar-refractivity contribution >= 4 is 5.97 Å². The fourth-order valence-corrected chi connectivity index (χ4v) is 1.67. The molecule has 0 aliphatic rings. The highest BCUT2D eigenvalue weighted by Crippen LogP contribution is 2.12. The molecule has 0 saturated heterocycles. The van der Waals surface area contributed by atoms with E-state index in [2.05, 4.69) is 9.84 Å². The van der Waals surface area contributed by atoms with E-state index in [0.29, 0.717) is 6.54 Å². The lowest BCUT2D eigenvalue weighted by Crippen LogP contribution is -2.06. The third-order valence-corrected chi connectivity index (χ3v) is 2.56. The summed E-state index contributed by atoms with van der Waals surface area (Å²) in [5.41, 5.74) is 1.59. The van der Waals surface area contributed by atoms with Gasteiger partial charge < -0.3 is 4.74 Å². The lowest BCUT2D eigenvalue weighted by Gasteiger charge is -2.05. The Morgan fingerprint density at radius 1 is 1.44 bits per heavy atom. The van der Waals surface area contributed by atoms with Crippen LogP contribution in [0.1, 0.15) is 21.6 Å². The molecule has 0 unspecified atom stereocenters. The van der Waals surface area contributed by atoms with Gasteiger partial charge in [0.05, 0.1) is 24.9 Å². The molecule has 0 aliphatic heterocycles. The van der Waals surface area contributed by atoms with Gasteiger partial charge in [0.1, 0.15) is 5.82 Å². The molecule has 0 N–H and O–H groups in total. The van der Waals surface area contributed by atoms with Crippen LogP contribution in [0.3, 0.4) is 0 Å². The lowest BCUT2D eigenvalue weighted by atomic mass is 10.1. The molecule has 2 aromatic rings. The van der Waals surface area contributed by atoms with E-state index in [0.717, 1.165) is 11.3 Å². The Morgan fingerprint density at radius 2 is 2.22 bits per heavy atom. The SMILES string of the molecule is COC(=O)c1ccc(Cn2ccc(C)n2)cc1F. The van der Waals surface area contributed by atoms with Gasteiger partial charge in [0.25, 0.3) is 0 Å². The van der Waals surface area contributed by atoms with Crippen molar-refractivity contribution in [2.45, 2.75) is 13.5 Å². The highest BCUT2D eigenvalue weighted by molar-refractivity contribution is 5.89. The van der Waals surface area contributed by atoms with E-state index in [4.69, 9.17) is 0 Å². The van der Waals surface area contributed by atoms with Crippen LogP contribution in [-0.2, 0) is 11.3 Å². The zero-order valence-corrected chi connectivity index (χ0v) is 10.2. The highest BCUT2D eigenvalue weighted by atomic mass is 19.1. The largest absolute Gasteiger partial charge is 0.465 e. The first-order valence-corrected chi connectivity index (χ1v) is 5.47. The first kappa shape index (κ1) is 12.3. The molecule has 0 fully saturated rings. The second kappa shape index (κ2) is 5.00. The molecular formula is C13H13FN2O2. The monoisotopic (exact) mass is 248 g/mol. The van der Waals surface area contributed by atoms with E-state index in [1.807, 2.05) is 19.2 Å². The molecule has 18 heavy (non-hydrogen) atoms. The fourth-order valence-electron chi connectivity index (χ4n) is 1.67. The summed E-state index contributed by atoms with van der Waals surface area (Å²) >= 11 is 0. The van der Waals surface area contributed by atoms with Crippen LogP contribution in [0.25, 0.3) is 0 Å². The van der Waals surface area contributed by atoms with Crippen LogP contribution >= 0.6 is 0 Å². The zero-order chi connectivity index (χ0) is 13.1. The molecule has 4 nitrogen and oxygen atoms in total. The van der Waals surface area contributed by atoms with Gasteiger partial charge in [-0.05, 0) is 30.7 Å². The van der Waals surface area contributed by atoms with Crippen LogP contribution in [0.15, 0.2) is 30.5 Å². The van der Waals surface area contributed by atoms with Crippen LogP contribution < -0.4 is 0 Å². The Morgan fingerprint density at radius 3 is 2.78 bits per heavy atom. The van der Waals surface area contributed by atoms with Crippen molar-refractivity contribution in [3.63, 3.8) is 0 Å². The topological polar surface area (TPSA) is 44.1 Å². The minimum absolute atomic E-state index is 0.0575. The number of aromatic nitrogens is 2. The normalized spacial score (nSPS) is 10.4. The Balaban J connectivity index is 2.21. The van der Waals surface area contributed by atoms with Gasteiger partial charge in [-0.3, -0.25) is 4.68 Å². The summed E-state index contributed by atoms with van der Waals surface area (Å²) in [6.45, 7) is 2.35. The van der Waals surface area contributed by atoms with E-state index in [1.54, 1.807) is 10.7 Å². The number of nitrogens with zero attached hydrogens (tertiary/aromatic N) is 2. The number of aryl methyl sites for hydroxylation is 1. The van der Waals surface area contributed by atoms with Crippen LogP contribution in [-0.4, -0.2) is 22.9 Å². The average Bonchev–Trinajstić information content (AvgIpc) is 2.74. The summed E-state index contributed by atoms with van der Waals surface area (Å²) in [6, 6.07) is 6.31. The third-order valence-electron chi connectivity index (χ3n) is 2.56. The van der Waals surface area contributed by atoms with Crippen LogP contribution in [0.5, 0.6) is 0 Å². The molecule has 1 aromatic carbocycles. The number of esters is 1. The Hall–Kier alpha value is -2.17. The van der Waals surface area contributed by atoms with Crippen molar-refractivity contribution in [3.05, 3.63) is 53.1 Å². The summed E-state index contributed by atoms with van der Waals surface area (Å²) in [5.74, 6) is -1.25. The molecule has 5 heteroatoms. The third kappa shape index (κ3) is 2.56. The molecule has 1 aromatic heterocycles. The predicted octanol–water partition coefficient (Wildman–Crippen LogP) is 2.17. The Kier molecular flexibility index (Phi) is 3.41. The summed E-state index contributed by atoms with van der Waals surface area (Å²) in [7, 11) is 1.22. The van der Waals surface area contributed by atoms with Crippen molar-refractivity contribution in [2.75, 3.05) is 7.11 Å². The van der Waals surface area contributed by atoms with Crippen molar-refractivity contribution < 1.29 is 13.9 Å². The van der Waals surface area contributed by atoms with Gasteiger partial charge in [0.15, 0.2) is 0 Å². The number of ether oxygens (including phenoxy) is 1. The van der Waals surface area contributed by atoms with E-state index in [1.165, 1.54) is 19.2 Å². The van der Waals surface area contributed by atoms with Gasteiger partial charge in [0.2, 0.25) is 0 Å². The number of rotatable bonds is 3. The Labute approximate surface area is 104 Å². The van der Waals surface area contributed by atoms with E-state index in [9.17, 15) is 9.18 Å². The van der Waals surface area contributed by atoms with E-state index in [-0.39, 0.29) is 5.56 Å². The molecule has 0 saturated carbocycles. The zero-order valence-electron chi connectivity index (χ0n) is 10.2. The van der Waals surface area contributed by atoms with Gasteiger partial charge in [-0.2, -0.15) is 5.10 Å². The van der Waals surface area contributed by atoms with Crippen molar-refractivity contribution in [1.82, 2.24) is 9.78 Å². The molecule has 0 amide bonds. The molecule has 0 radical (unpaired) electrons. The molecular weight excluding hydrogens is 235 g/mol. The minimum atomic E-state index is -0.672. The Bertz CT molecular complexity index is 578. The van der Waals surface area contributed by atoms with Crippen molar-refractivity contribution in [2.24, 2.45) is 0 Å². The number of hydrogen-bond acceptors (Lipinski definition) is 3. The van der Waals surface area contributed by atoms with Crippen molar-refractivity contribution in [1.29, 1.82) is 0 Å². The maximum atomic E-state index is 13.7. The van der Waals surface area contributed by atoms with Crippen molar-refractivity contribution in [3.8, 4) is 0 Å². The van der Waals surface area contributed by atoms with Gasteiger partial charge in [-0.1, -0.05) is 6.07 Å². The first-order valence-electron chi connectivity index (χ1n) is 5.47. The van der Waals surface area contributed by atoms with Crippen LogP contribution in [0.2, 0.25) is 0 Å². The van der Waals surface area contributed by atoms with Gasteiger partial charge in [-0.25, -0.2) is 9.18 Å². The fraction of sp³-hybridized carbons (Fsp3) is 0.231. The number of carbonyl (C=O) groups is 1. The standard InChI is InChI=1S/C13H13FN2O2/c1-9-5-6-16(15-9)8-10-3-4-11(12(14)7-10)13(17)18-2/h3-7H,8H2,1-2H3. The van der Waals surface area contributed by atoms with Crippen LogP contribution in [0.4, 0.5) is 4.39 Å². The first-order chi connectivity index (χ1) is 8.60. The maximum absolute atomic E-state index is 13.7. The molecule has 94 valence electrons. The molecule has 0 spiro atoms. The molecule has 1 heterocycles. The summed E-state index contributed by atoms with van der Waals surface area (Å²) < 4.78 is 19.9. The summed E-state index contributed by atoms with van der Waals surface area (Å²) in [6.07, 6.45) is 1.82. The van der Waals surface area contributed by atoms with E-state index < -0.39 is 11.8 Å². The second-order valence-corrected chi connectivity index (χ2v) is 3.96. The predicted molar refractivity (Wildman–Crippen MR) is 63.8 cm³/mol. The lowest BCUT2D eigenvalue weighted by molar-refractivity contribution is 0.0595. The van der Waals surface area contributed by atoms with Gasteiger partial charge in [-0.15, -0.1) is 0 Å². The number of carbonyl (C=O) groups excluding carboxylic acids is 1. The molecule has 0 bridgehead atoms. The average molecular weight is 248 g/mol. The second-order valence-electron chi connectivity index (χ2n) is 3.96. The van der Waals surface area contributed by atoms with Gasteiger partial charge in [0, 0.05) is 6.20 Å². The minimum Gasteiger partial charge on any atom is -0.465 e. The summed E-state index contributed by atoms with van der Waals surface area (Å²) in [4.78, 5) is 11.2. The number of halogens is 1. The maximum Gasteiger partial charge on any atom is 0.340 e. The van der Waals surface area contributed by atoms with Gasteiger partial charge >= 0.3 is 5.97 Å². The highest BCUT2D eigenvalue weighted by Gasteiger charge is 2.12.